The van der Waals surface area contributed by atoms with Gasteiger partial charge in [0.25, 0.3) is 0 Å². The second kappa shape index (κ2) is 5.12. The van der Waals surface area contributed by atoms with Crippen molar-refractivity contribution in [3.8, 4) is 0 Å². The van der Waals surface area contributed by atoms with Crippen LogP contribution in [0.1, 0.15) is 36.8 Å². The lowest BCUT2D eigenvalue weighted by molar-refractivity contribution is 0.599. The number of rotatable bonds is 4. The van der Waals surface area contributed by atoms with Crippen LogP contribution in [0.25, 0.3) is 0 Å². The van der Waals surface area contributed by atoms with Crippen molar-refractivity contribution in [1.29, 1.82) is 0 Å². The van der Waals surface area contributed by atoms with E-state index < -0.39 is 0 Å². The fraction of sp³-hybridized carbons (Fsp3) is 0.500. The molecule has 0 aromatic carbocycles. The third-order valence-electron chi connectivity index (χ3n) is 3.03. The predicted octanol–water partition coefficient (Wildman–Crippen LogP) is 1.90. The maximum atomic E-state index is 6.33. The zero-order valence-electron chi connectivity index (χ0n) is 10.9. The summed E-state index contributed by atoms with van der Waals surface area (Å²) >= 11 is 6.18. The van der Waals surface area contributed by atoms with Crippen LogP contribution in [0.5, 0.6) is 0 Å². The van der Waals surface area contributed by atoms with Crippen molar-refractivity contribution in [3.63, 3.8) is 0 Å². The molecule has 0 fully saturated rings. The molecule has 0 aliphatic rings. The van der Waals surface area contributed by atoms with E-state index in [2.05, 4.69) is 17.1 Å². The number of aromatic nitrogens is 4. The number of nitrogens with zero attached hydrogens (tertiary/aromatic N) is 4. The number of nitrogens with two attached hydrogens (primary N) is 1. The minimum absolute atomic E-state index is 0.288. The van der Waals surface area contributed by atoms with Gasteiger partial charge in [0.05, 0.1) is 28.6 Å². The standard InChI is InChI=1S/C12H18ClN5/c1-4-10-8(7-17(3)16-10)11(14)12-9(13)6-15-18(12)5-2/h6-7,11H,4-5,14H2,1-3H3. The summed E-state index contributed by atoms with van der Waals surface area (Å²) < 4.78 is 3.62. The molecule has 0 spiro atoms. The van der Waals surface area contributed by atoms with Crippen molar-refractivity contribution in [3.05, 3.63) is 34.4 Å². The van der Waals surface area contributed by atoms with Gasteiger partial charge in [-0.1, -0.05) is 18.5 Å². The van der Waals surface area contributed by atoms with E-state index in [1.165, 1.54) is 0 Å². The van der Waals surface area contributed by atoms with Gasteiger partial charge in [-0.05, 0) is 13.3 Å². The first-order valence-corrected chi connectivity index (χ1v) is 6.45. The number of hydrogen-bond donors (Lipinski definition) is 1. The Morgan fingerprint density at radius 2 is 2.17 bits per heavy atom. The molecule has 98 valence electrons. The zero-order chi connectivity index (χ0) is 13.3. The van der Waals surface area contributed by atoms with Gasteiger partial charge in [-0.15, -0.1) is 0 Å². The summed E-state index contributed by atoms with van der Waals surface area (Å²) in [6.07, 6.45) is 4.44. The van der Waals surface area contributed by atoms with Crippen LogP contribution in [-0.4, -0.2) is 19.6 Å². The van der Waals surface area contributed by atoms with Gasteiger partial charge in [0.1, 0.15) is 0 Å². The summed E-state index contributed by atoms with van der Waals surface area (Å²) in [6.45, 7) is 4.83. The molecule has 2 N–H and O–H groups in total. The van der Waals surface area contributed by atoms with Crippen molar-refractivity contribution in [1.82, 2.24) is 19.6 Å². The second-order valence-electron chi connectivity index (χ2n) is 4.23. The molecule has 0 saturated heterocycles. The van der Waals surface area contributed by atoms with Gasteiger partial charge in [0.2, 0.25) is 0 Å². The van der Waals surface area contributed by atoms with E-state index in [0.29, 0.717) is 5.02 Å². The summed E-state index contributed by atoms with van der Waals surface area (Å²) in [6, 6.07) is -0.288. The maximum absolute atomic E-state index is 6.33. The second-order valence-corrected chi connectivity index (χ2v) is 4.64. The van der Waals surface area contributed by atoms with Crippen molar-refractivity contribution in [2.24, 2.45) is 12.8 Å². The van der Waals surface area contributed by atoms with Crippen molar-refractivity contribution in [2.75, 3.05) is 0 Å². The fourth-order valence-corrected chi connectivity index (χ4v) is 2.43. The largest absolute Gasteiger partial charge is 0.319 e. The molecule has 0 radical (unpaired) electrons. The summed E-state index contributed by atoms with van der Waals surface area (Å²) in [7, 11) is 1.90. The van der Waals surface area contributed by atoms with Gasteiger partial charge in [-0.3, -0.25) is 9.36 Å². The number of hydrogen-bond acceptors (Lipinski definition) is 3. The van der Waals surface area contributed by atoms with Crippen LogP contribution >= 0.6 is 11.6 Å². The van der Waals surface area contributed by atoms with Gasteiger partial charge in [0.15, 0.2) is 0 Å². The zero-order valence-corrected chi connectivity index (χ0v) is 11.6. The van der Waals surface area contributed by atoms with Crippen molar-refractivity contribution >= 4 is 11.6 Å². The molecular formula is C12H18ClN5. The molecule has 2 rings (SSSR count). The molecule has 2 aromatic heterocycles. The van der Waals surface area contributed by atoms with E-state index in [1.54, 1.807) is 10.9 Å². The van der Waals surface area contributed by atoms with Crippen molar-refractivity contribution in [2.45, 2.75) is 32.9 Å². The smallest absolute Gasteiger partial charge is 0.0837 e. The Labute approximate surface area is 112 Å². The number of halogens is 1. The highest BCUT2D eigenvalue weighted by Crippen LogP contribution is 2.28. The summed E-state index contributed by atoms with van der Waals surface area (Å²) in [5.74, 6) is 0. The minimum Gasteiger partial charge on any atom is -0.319 e. The third kappa shape index (κ3) is 2.15. The monoisotopic (exact) mass is 267 g/mol. The van der Waals surface area contributed by atoms with Gasteiger partial charge in [-0.25, -0.2) is 0 Å². The van der Waals surface area contributed by atoms with E-state index in [4.69, 9.17) is 17.3 Å². The Morgan fingerprint density at radius 1 is 1.44 bits per heavy atom. The molecule has 6 heteroatoms. The van der Waals surface area contributed by atoms with Gasteiger partial charge in [-0.2, -0.15) is 10.2 Å². The maximum Gasteiger partial charge on any atom is 0.0837 e. The van der Waals surface area contributed by atoms with Crippen LogP contribution in [0.2, 0.25) is 5.02 Å². The quantitative estimate of drug-likeness (QED) is 0.920. The van der Waals surface area contributed by atoms with Crippen molar-refractivity contribution < 1.29 is 0 Å². The highest BCUT2D eigenvalue weighted by molar-refractivity contribution is 6.31. The minimum atomic E-state index is -0.288. The average Bonchev–Trinajstić information content (AvgIpc) is 2.91. The summed E-state index contributed by atoms with van der Waals surface area (Å²) in [5.41, 5.74) is 9.19. The number of aryl methyl sites for hydroxylation is 3. The Kier molecular flexibility index (Phi) is 3.73. The molecule has 0 aliphatic carbocycles. The highest BCUT2D eigenvalue weighted by atomic mass is 35.5. The van der Waals surface area contributed by atoms with Crippen LogP contribution < -0.4 is 5.73 Å². The van der Waals surface area contributed by atoms with Gasteiger partial charge in [0, 0.05) is 25.4 Å². The van der Waals surface area contributed by atoms with E-state index >= 15 is 0 Å². The van der Waals surface area contributed by atoms with Crippen LogP contribution in [0, 0.1) is 0 Å². The first-order chi connectivity index (χ1) is 8.58. The van der Waals surface area contributed by atoms with E-state index in [-0.39, 0.29) is 6.04 Å². The fourth-order valence-electron chi connectivity index (χ4n) is 2.17. The SMILES string of the molecule is CCc1nn(C)cc1C(N)c1c(Cl)cnn1CC. The van der Waals surface area contributed by atoms with E-state index in [9.17, 15) is 0 Å². The molecule has 5 nitrogen and oxygen atoms in total. The molecule has 0 amide bonds. The van der Waals surface area contributed by atoms with Crippen LogP contribution in [0.15, 0.2) is 12.4 Å². The highest BCUT2D eigenvalue weighted by Gasteiger charge is 2.22. The first-order valence-electron chi connectivity index (χ1n) is 6.07. The molecule has 2 aromatic rings. The molecule has 18 heavy (non-hydrogen) atoms. The van der Waals surface area contributed by atoms with Crippen LogP contribution in [0.3, 0.4) is 0 Å². The molecule has 0 bridgehead atoms. The lowest BCUT2D eigenvalue weighted by Crippen LogP contribution is -2.18. The Bertz CT molecular complexity index is 543. The molecule has 1 unspecified atom stereocenters. The lowest BCUT2D eigenvalue weighted by Gasteiger charge is -2.14. The average molecular weight is 268 g/mol. The Hall–Kier alpha value is -1.33. The molecular weight excluding hydrogens is 250 g/mol. The summed E-state index contributed by atoms with van der Waals surface area (Å²) in [4.78, 5) is 0. The molecule has 2 heterocycles. The Balaban J connectivity index is 2.46. The predicted molar refractivity (Wildman–Crippen MR) is 71.5 cm³/mol. The van der Waals surface area contributed by atoms with Gasteiger partial charge < -0.3 is 5.73 Å². The van der Waals surface area contributed by atoms with Crippen LogP contribution in [0.4, 0.5) is 0 Å². The topological polar surface area (TPSA) is 61.7 Å². The molecule has 0 aliphatic heterocycles. The summed E-state index contributed by atoms with van der Waals surface area (Å²) in [5, 5.41) is 9.24. The third-order valence-corrected chi connectivity index (χ3v) is 3.33. The first kappa shape index (κ1) is 13.1. The molecule has 1 atom stereocenters. The normalized spacial score (nSPS) is 12.9. The molecule has 0 saturated carbocycles. The van der Waals surface area contributed by atoms with E-state index in [1.807, 2.05) is 24.9 Å². The lowest BCUT2D eigenvalue weighted by atomic mass is 10.0. The van der Waals surface area contributed by atoms with E-state index in [0.717, 1.165) is 29.9 Å². The van der Waals surface area contributed by atoms with Gasteiger partial charge >= 0.3 is 0 Å². The Morgan fingerprint density at radius 3 is 2.78 bits per heavy atom. The van der Waals surface area contributed by atoms with Crippen LogP contribution in [-0.2, 0) is 20.0 Å².